The van der Waals surface area contributed by atoms with E-state index in [0.717, 1.165) is 6.92 Å². The summed E-state index contributed by atoms with van der Waals surface area (Å²) < 4.78 is 0. The molecule has 5 unspecified atom stereocenters. The molecule has 1 aromatic rings. The molecule has 0 bridgehead atoms. The van der Waals surface area contributed by atoms with Crippen LogP contribution in [-0.2, 0) is 35.2 Å². The number of nitrogens with one attached hydrogen (secondary N) is 3. The molecule has 1 rings (SSSR count). The van der Waals surface area contributed by atoms with Crippen molar-refractivity contribution >= 4 is 35.6 Å². The number of phenolic OH excluding ortho intramolecular Hbond substituents is 1. The summed E-state index contributed by atoms with van der Waals surface area (Å²) in [5.41, 5.74) is 10.9. The average Bonchev–Trinajstić information content (AvgIpc) is 2.76. The highest BCUT2D eigenvalue weighted by Crippen LogP contribution is 2.12. The Kier molecular flexibility index (Phi) is 11.3. The number of aromatic hydroxyl groups is 1. The van der Waals surface area contributed by atoms with Crippen molar-refractivity contribution in [1.82, 2.24) is 16.0 Å². The zero-order valence-electron chi connectivity index (χ0n) is 19.2. The number of rotatable bonds is 14. The van der Waals surface area contributed by atoms with E-state index in [0.29, 0.717) is 5.56 Å². The van der Waals surface area contributed by atoms with Crippen molar-refractivity contribution in [3.63, 3.8) is 0 Å². The van der Waals surface area contributed by atoms with Gasteiger partial charge in [0.1, 0.15) is 17.8 Å². The van der Waals surface area contributed by atoms with Gasteiger partial charge in [0.15, 0.2) is 6.04 Å². The molecule has 11 N–H and O–H groups in total. The summed E-state index contributed by atoms with van der Waals surface area (Å²) in [6.07, 6.45) is -3.23. The Morgan fingerprint density at radius 1 is 0.861 bits per heavy atom. The molecule has 0 saturated heterocycles. The summed E-state index contributed by atoms with van der Waals surface area (Å²) in [6, 6.07) is -0.964. The largest absolute Gasteiger partial charge is 0.508 e. The number of hydrogen-bond donors (Lipinski definition) is 9. The van der Waals surface area contributed by atoms with E-state index in [2.05, 4.69) is 16.0 Å². The molecule has 0 saturated carbocycles. The number of carbonyl (C=O) groups is 6. The number of nitrogens with two attached hydrogens (primary N) is 2. The van der Waals surface area contributed by atoms with Gasteiger partial charge < -0.3 is 47.8 Å². The minimum Gasteiger partial charge on any atom is -0.508 e. The summed E-state index contributed by atoms with van der Waals surface area (Å²) in [5.74, 6) is -7.23. The third kappa shape index (κ3) is 9.94. The predicted octanol–water partition coefficient (Wildman–Crippen LogP) is -3.47. The molecule has 0 radical (unpaired) electrons. The SMILES string of the molecule is CC(O)C(NC(=O)C(Cc1ccc(O)cc1)NC(=O)C(CC(=O)O)NC(=O)C(N)CC(N)=O)C(=O)O. The van der Waals surface area contributed by atoms with Gasteiger partial charge in [-0.3, -0.25) is 24.0 Å². The number of amides is 4. The van der Waals surface area contributed by atoms with Crippen LogP contribution in [0.5, 0.6) is 5.75 Å². The molecule has 0 aliphatic rings. The summed E-state index contributed by atoms with van der Waals surface area (Å²) in [5, 5.41) is 43.9. The van der Waals surface area contributed by atoms with Gasteiger partial charge in [0, 0.05) is 6.42 Å². The quantitative estimate of drug-likeness (QED) is 0.118. The van der Waals surface area contributed by atoms with Crippen molar-refractivity contribution in [3.05, 3.63) is 29.8 Å². The van der Waals surface area contributed by atoms with Crippen LogP contribution < -0.4 is 27.4 Å². The molecule has 1 aromatic carbocycles. The van der Waals surface area contributed by atoms with Crippen LogP contribution in [0.25, 0.3) is 0 Å². The van der Waals surface area contributed by atoms with E-state index in [4.69, 9.17) is 16.6 Å². The van der Waals surface area contributed by atoms with E-state index in [1.165, 1.54) is 24.3 Å². The fraction of sp³-hybridized carbons (Fsp3) is 0.429. The fourth-order valence-electron chi connectivity index (χ4n) is 2.96. The van der Waals surface area contributed by atoms with E-state index in [1.54, 1.807) is 0 Å². The average molecular weight is 511 g/mol. The van der Waals surface area contributed by atoms with E-state index < -0.39 is 78.7 Å². The zero-order valence-corrected chi connectivity index (χ0v) is 19.2. The Hall–Kier alpha value is -4.24. The van der Waals surface area contributed by atoms with Crippen LogP contribution in [0.15, 0.2) is 24.3 Å². The number of phenols is 1. The van der Waals surface area contributed by atoms with Gasteiger partial charge in [-0.25, -0.2) is 4.79 Å². The lowest BCUT2D eigenvalue weighted by atomic mass is 10.0. The highest BCUT2D eigenvalue weighted by atomic mass is 16.4. The zero-order chi connectivity index (χ0) is 27.6. The number of carbonyl (C=O) groups excluding carboxylic acids is 4. The van der Waals surface area contributed by atoms with Crippen LogP contribution >= 0.6 is 0 Å². The molecular formula is C21H29N5O10. The van der Waals surface area contributed by atoms with Gasteiger partial charge >= 0.3 is 11.9 Å². The minimum absolute atomic E-state index is 0.0830. The Balaban J connectivity index is 3.17. The molecule has 36 heavy (non-hydrogen) atoms. The maximum absolute atomic E-state index is 12.9. The van der Waals surface area contributed by atoms with Crippen molar-refractivity contribution in [2.45, 2.75) is 56.5 Å². The second-order valence-electron chi connectivity index (χ2n) is 7.93. The van der Waals surface area contributed by atoms with Gasteiger partial charge in [0.05, 0.1) is 25.0 Å². The molecule has 0 heterocycles. The Labute approximate surface area is 204 Å². The van der Waals surface area contributed by atoms with Crippen LogP contribution in [0, 0.1) is 0 Å². The molecule has 0 fully saturated rings. The Morgan fingerprint density at radius 2 is 1.39 bits per heavy atom. The first-order valence-electron chi connectivity index (χ1n) is 10.6. The lowest BCUT2D eigenvalue weighted by Crippen LogP contribution is -2.59. The first-order valence-corrected chi connectivity index (χ1v) is 10.6. The normalized spacial score (nSPS) is 14.9. The number of benzene rings is 1. The van der Waals surface area contributed by atoms with Gasteiger partial charge in [0.2, 0.25) is 23.6 Å². The standard InChI is InChI=1S/C21H29N5O10/c1-9(27)17(21(35)36)26-20(34)13(6-10-2-4-11(28)5-3-10)25-19(33)14(8-16(30)31)24-18(32)12(22)7-15(23)29/h2-5,9,12-14,17,27-28H,6-8,22H2,1H3,(H2,23,29)(H,24,32)(H,25,33)(H,26,34)(H,30,31)(H,35,36). The maximum atomic E-state index is 12.9. The van der Waals surface area contributed by atoms with Crippen molar-refractivity contribution in [3.8, 4) is 5.75 Å². The molecule has 5 atom stereocenters. The molecule has 4 amide bonds. The lowest BCUT2D eigenvalue weighted by molar-refractivity contribution is -0.145. The first-order chi connectivity index (χ1) is 16.7. The first kappa shape index (κ1) is 29.8. The number of hydrogen-bond acceptors (Lipinski definition) is 9. The summed E-state index contributed by atoms with van der Waals surface area (Å²) in [6.45, 7) is 1.13. The van der Waals surface area contributed by atoms with Crippen LogP contribution in [0.2, 0.25) is 0 Å². The second kappa shape index (κ2) is 13.6. The number of carboxylic acid groups (broad SMARTS) is 2. The lowest BCUT2D eigenvalue weighted by Gasteiger charge is -2.25. The van der Waals surface area contributed by atoms with Crippen molar-refractivity contribution < 1.29 is 49.2 Å². The molecule has 15 nitrogen and oxygen atoms in total. The van der Waals surface area contributed by atoms with E-state index in [9.17, 15) is 44.1 Å². The van der Waals surface area contributed by atoms with Crippen LogP contribution in [0.4, 0.5) is 0 Å². The van der Waals surface area contributed by atoms with Crippen molar-refractivity contribution in [1.29, 1.82) is 0 Å². The third-order valence-electron chi connectivity index (χ3n) is 4.82. The Bertz CT molecular complexity index is 982. The molecule has 0 aromatic heterocycles. The van der Waals surface area contributed by atoms with Gasteiger partial charge in [0.25, 0.3) is 0 Å². The fourth-order valence-corrected chi connectivity index (χ4v) is 2.96. The predicted molar refractivity (Wildman–Crippen MR) is 121 cm³/mol. The Morgan fingerprint density at radius 3 is 1.86 bits per heavy atom. The van der Waals surface area contributed by atoms with Crippen LogP contribution in [-0.4, -0.2) is 86.3 Å². The van der Waals surface area contributed by atoms with E-state index in [1.807, 2.05) is 0 Å². The highest BCUT2D eigenvalue weighted by molar-refractivity contribution is 5.96. The number of aliphatic hydroxyl groups excluding tert-OH is 1. The molecule has 0 aliphatic carbocycles. The monoisotopic (exact) mass is 511 g/mol. The molecule has 198 valence electrons. The van der Waals surface area contributed by atoms with Crippen LogP contribution in [0.3, 0.4) is 0 Å². The molecular weight excluding hydrogens is 482 g/mol. The van der Waals surface area contributed by atoms with Crippen molar-refractivity contribution in [2.24, 2.45) is 11.5 Å². The highest BCUT2D eigenvalue weighted by Gasteiger charge is 2.33. The molecule has 0 aliphatic heterocycles. The summed E-state index contributed by atoms with van der Waals surface area (Å²) in [7, 11) is 0. The van der Waals surface area contributed by atoms with Gasteiger partial charge in [-0.15, -0.1) is 0 Å². The number of aliphatic hydroxyl groups is 1. The van der Waals surface area contributed by atoms with Gasteiger partial charge in [-0.05, 0) is 24.6 Å². The van der Waals surface area contributed by atoms with Crippen molar-refractivity contribution in [2.75, 3.05) is 0 Å². The van der Waals surface area contributed by atoms with E-state index in [-0.39, 0.29) is 12.2 Å². The molecule has 0 spiro atoms. The van der Waals surface area contributed by atoms with Gasteiger partial charge in [-0.1, -0.05) is 12.1 Å². The van der Waals surface area contributed by atoms with Crippen LogP contribution in [0.1, 0.15) is 25.3 Å². The summed E-state index contributed by atoms with van der Waals surface area (Å²) >= 11 is 0. The summed E-state index contributed by atoms with van der Waals surface area (Å²) in [4.78, 5) is 71.5. The number of carboxylic acids is 2. The van der Waals surface area contributed by atoms with E-state index >= 15 is 0 Å². The number of aliphatic carboxylic acids is 2. The van der Waals surface area contributed by atoms with Gasteiger partial charge in [-0.2, -0.15) is 0 Å². The second-order valence-corrected chi connectivity index (χ2v) is 7.93. The molecule has 15 heteroatoms. The minimum atomic E-state index is -1.73. The topological polar surface area (TPSA) is 271 Å². The smallest absolute Gasteiger partial charge is 0.328 e. The third-order valence-corrected chi connectivity index (χ3v) is 4.82. The number of primary amides is 1. The maximum Gasteiger partial charge on any atom is 0.328 e.